The molecule has 0 saturated carbocycles. The first-order valence-electron chi connectivity index (χ1n) is 4.78. The molecule has 0 radical (unpaired) electrons. The molecule has 2 rings (SSSR count). The summed E-state index contributed by atoms with van der Waals surface area (Å²) in [6.45, 7) is 0. The fourth-order valence-corrected chi connectivity index (χ4v) is 3.67. The first kappa shape index (κ1) is 12.8. The number of nitro groups is 1. The Kier molecular flexibility index (Phi) is 3.03. The van der Waals surface area contributed by atoms with E-state index in [-0.39, 0.29) is 16.3 Å². The van der Waals surface area contributed by atoms with E-state index < -0.39 is 14.9 Å². The van der Waals surface area contributed by atoms with Gasteiger partial charge in [0.05, 0.1) is 10.6 Å². The first-order chi connectivity index (χ1) is 8.37. The summed E-state index contributed by atoms with van der Waals surface area (Å²) in [5.41, 5.74) is -0.0448. The van der Waals surface area contributed by atoms with Crippen molar-refractivity contribution in [3.63, 3.8) is 0 Å². The van der Waals surface area contributed by atoms with E-state index in [0.29, 0.717) is 5.17 Å². The van der Waals surface area contributed by atoms with Crippen molar-refractivity contribution in [1.29, 1.82) is 0 Å². The van der Waals surface area contributed by atoms with Gasteiger partial charge < -0.3 is 0 Å². The Morgan fingerprint density at radius 1 is 1.44 bits per heavy atom. The number of fused-ring (bicyclic) bond motifs is 1. The summed E-state index contributed by atoms with van der Waals surface area (Å²) in [5.74, 6) is 0. The van der Waals surface area contributed by atoms with Crippen molar-refractivity contribution < 1.29 is 13.3 Å². The fourth-order valence-electron chi connectivity index (χ4n) is 1.51. The molecule has 0 aromatic heterocycles. The molecule has 0 aliphatic carbocycles. The third-order valence-corrected chi connectivity index (χ3v) is 5.08. The van der Waals surface area contributed by atoms with E-state index in [1.807, 2.05) is 0 Å². The van der Waals surface area contributed by atoms with Crippen LogP contribution in [0.4, 0.5) is 11.4 Å². The maximum atomic E-state index is 12.2. The minimum absolute atomic E-state index is 0.142. The number of nitro benzene ring substituents is 1. The summed E-state index contributed by atoms with van der Waals surface area (Å²) < 4.78 is 25.3. The molecule has 96 valence electrons. The van der Waals surface area contributed by atoms with Gasteiger partial charge in [-0.15, -0.1) is 0 Å². The Morgan fingerprint density at radius 3 is 2.67 bits per heavy atom. The second kappa shape index (κ2) is 4.25. The van der Waals surface area contributed by atoms with E-state index in [1.54, 1.807) is 6.26 Å². The Labute approximate surface area is 108 Å². The minimum Gasteiger partial charge on any atom is -0.258 e. The predicted octanol–water partition coefficient (Wildman–Crippen LogP) is 1.58. The largest absolute Gasteiger partial charge is 0.270 e. The van der Waals surface area contributed by atoms with Gasteiger partial charge in [0.25, 0.3) is 15.7 Å². The Bertz CT molecular complexity index is 654. The highest BCUT2D eigenvalue weighted by Gasteiger charge is 2.32. The van der Waals surface area contributed by atoms with Gasteiger partial charge in [0.2, 0.25) is 0 Å². The maximum absolute atomic E-state index is 12.2. The number of hydrogen-bond acceptors (Lipinski definition) is 6. The zero-order valence-corrected chi connectivity index (χ0v) is 11.2. The van der Waals surface area contributed by atoms with E-state index in [0.717, 1.165) is 10.4 Å². The summed E-state index contributed by atoms with van der Waals surface area (Å²) in [6, 6.07) is 3.61. The molecule has 7 nitrogen and oxygen atoms in total. The van der Waals surface area contributed by atoms with Crippen LogP contribution < -0.4 is 0 Å². The molecule has 1 heterocycles. The van der Waals surface area contributed by atoms with Crippen LogP contribution in [-0.2, 0) is 10.0 Å². The highest BCUT2D eigenvalue weighted by Crippen LogP contribution is 2.35. The lowest BCUT2D eigenvalue weighted by molar-refractivity contribution is -0.385. The van der Waals surface area contributed by atoms with Gasteiger partial charge in [0.15, 0.2) is 5.17 Å². The molecule has 1 aliphatic rings. The Balaban J connectivity index is 2.72. The van der Waals surface area contributed by atoms with Crippen LogP contribution in [0.25, 0.3) is 0 Å². The summed E-state index contributed by atoms with van der Waals surface area (Å²) in [4.78, 5) is 14.0. The number of benzene rings is 1. The number of thioether (sulfide) groups is 1. The van der Waals surface area contributed by atoms with Gasteiger partial charge in [-0.25, -0.2) is 17.7 Å². The van der Waals surface area contributed by atoms with Gasteiger partial charge in [-0.05, 0) is 12.3 Å². The summed E-state index contributed by atoms with van der Waals surface area (Å²) in [5, 5.41) is 11.0. The molecule has 1 aromatic rings. The van der Waals surface area contributed by atoms with Crippen molar-refractivity contribution in [2.45, 2.75) is 4.90 Å². The smallest absolute Gasteiger partial charge is 0.258 e. The van der Waals surface area contributed by atoms with Crippen LogP contribution in [0.1, 0.15) is 0 Å². The molecule has 0 unspecified atom stereocenters. The molecule has 0 amide bonds. The van der Waals surface area contributed by atoms with Crippen LogP contribution >= 0.6 is 11.8 Å². The Hall–Kier alpha value is -1.61. The van der Waals surface area contributed by atoms with Gasteiger partial charge in [0, 0.05) is 19.2 Å². The average molecular weight is 287 g/mol. The molecular weight excluding hydrogens is 278 g/mol. The van der Waals surface area contributed by atoms with Gasteiger partial charge in [-0.1, -0.05) is 11.8 Å². The zero-order valence-electron chi connectivity index (χ0n) is 9.52. The number of hydrogen-bond donors (Lipinski definition) is 0. The molecular formula is C9H9N3O4S2. The second-order valence-corrected chi connectivity index (χ2v) is 6.19. The van der Waals surface area contributed by atoms with Crippen molar-refractivity contribution >= 4 is 38.3 Å². The zero-order chi connectivity index (χ0) is 13.5. The minimum atomic E-state index is -3.76. The number of aliphatic imine (C=N–C) groups is 1. The number of amidine groups is 1. The third-order valence-electron chi connectivity index (χ3n) is 2.46. The number of nitrogens with zero attached hydrogens (tertiary/aromatic N) is 3. The number of sulfonamides is 1. The molecule has 0 atom stereocenters. The van der Waals surface area contributed by atoms with E-state index in [2.05, 4.69) is 4.99 Å². The fraction of sp³-hybridized carbons (Fsp3) is 0.222. The lowest BCUT2D eigenvalue weighted by atomic mass is 10.3. The van der Waals surface area contributed by atoms with E-state index >= 15 is 0 Å². The van der Waals surface area contributed by atoms with Crippen LogP contribution in [0.5, 0.6) is 0 Å². The van der Waals surface area contributed by atoms with Crippen molar-refractivity contribution in [3.05, 3.63) is 28.3 Å². The van der Waals surface area contributed by atoms with Crippen molar-refractivity contribution in [1.82, 2.24) is 4.31 Å². The molecule has 0 N–H and O–H groups in total. The lowest BCUT2D eigenvalue weighted by Crippen LogP contribution is -2.33. The molecule has 0 bridgehead atoms. The topological polar surface area (TPSA) is 92.9 Å². The third kappa shape index (κ3) is 1.85. The van der Waals surface area contributed by atoms with Gasteiger partial charge in [-0.2, -0.15) is 0 Å². The molecule has 0 spiro atoms. The quantitative estimate of drug-likeness (QED) is 0.577. The standard InChI is InChI=1S/C9H9N3O4S2/c1-11-9(17-2)10-7-4-3-6(12(13)14)5-8(7)18(11,15)16/h3-5H,1-2H3. The summed E-state index contributed by atoms with van der Waals surface area (Å²) in [7, 11) is -2.39. The number of non-ortho nitro benzene ring substituents is 1. The van der Waals surface area contributed by atoms with Gasteiger partial charge >= 0.3 is 0 Å². The molecule has 0 saturated heterocycles. The van der Waals surface area contributed by atoms with Crippen LogP contribution in [-0.4, -0.2) is 36.1 Å². The van der Waals surface area contributed by atoms with Crippen LogP contribution in [0, 0.1) is 10.1 Å². The van der Waals surface area contributed by atoms with Crippen LogP contribution in [0.2, 0.25) is 0 Å². The molecule has 9 heteroatoms. The molecule has 18 heavy (non-hydrogen) atoms. The van der Waals surface area contributed by atoms with E-state index in [1.165, 1.54) is 30.9 Å². The molecule has 0 fully saturated rings. The average Bonchev–Trinajstić information content (AvgIpc) is 2.33. The predicted molar refractivity (Wildman–Crippen MR) is 68.7 cm³/mol. The second-order valence-electron chi connectivity index (χ2n) is 3.48. The summed E-state index contributed by atoms with van der Waals surface area (Å²) in [6.07, 6.45) is 1.71. The van der Waals surface area contributed by atoms with E-state index in [9.17, 15) is 18.5 Å². The first-order valence-corrected chi connectivity index (χ1v) is 7.44. The maximum Gasteiger partial charge on any atom is 0.270 e. The van der Waals surface area contributed by atoms with E-state index in [4.69, 9.17) is 0 Å². The van der Waals surface area contributed by atoms with Crippen LogP contribution in [0.3, 0.4) is 0 Å². The summed E-state index contributed by atoms with van der Waals surface area (Å²) >= 11 is 1.19. The highest BCUT2D eigenvalue weighted by atomic mass is 32.2. The molecule has 1 aromatic carbocycles. The SMILES string of the molecule is CSC1=Nc2ccc([N+](=O)[O-])cc2S(=O)(=O)N1C. The normalized spacial score (nSPS) is 17.0. The van der Waals surface area contributed by atoms with Crippen molar-refractivity contribution in [3.8, 4) is 0 Å². The van der Waals surface area contributed by atoms with Crippen LogP contribution in [0.15, 0.2) is 28.1 Å². The molecule has 1 aliphatic heterocycles. The van der Waals surface area contributed by atoms with Gasteiger partial charge in [-0.3, -0.25) is 10.1 Å². The Morgan fingerprint density at radius 2 is 2.11 bits per heavy atom. The lowest BCUT2D eigenvalue weighted by Gasteiger charge is -2.24. The number of rotatable bonds is 1. The van der Waals surface area contributed by atoms with Crippen molar-refractivity contribution in [2.75, 3.05) is 13.3 Å². The van der Waals surface area contributed by atoms with Gasteiger partial charge in [0.1, 0.15) is 4.90 Å². The monoisotopic (exact) mass is 287 g/mol. The highest BCUT2D eigenvalue weighted by molar-refractivity contribution is 8.14. The van der Waals surface area contributed by atoms with Crippen molar-refractivity contribution in [2.24, 2.45) is 4.99 Å².